The monoisotopic (exact) mass is 1040 g/mol. The number of alkyl halides is 6. The van der Waals surface area contributed by atoms with Crippen LogP contribution in [0, 0.1) is 0 Å². The molecule has 2 aromatic carbocycles. The molecule has 12 nitrogen and oxygen atoms in total. The molecule has 0 saturated carbocycles. The summed E-state index contributed by atoms with van der Waals surface area (Å²) in [5, 5.41) is 11.5. The molecule has 0 aliphatic heterocycles. The average Bonchev–Trinajstić information content (AvgIpc) is 3.20. The topological polar surface area (TPSA) is 148 Å². The van der Waals surface area contributed by atoms with Crippen molar-refractivity contribution in [2.24, 2.45) is 0 Å². The van der Waals surface area contributed by atoms with Gasteiger partial charge in [-0.15, -0.1) is 0 Å². The summed E-state index contributed by atoms with van der Waals surface area (Å²) in [6.07, 6.45) is -11.0. The number of amides is 1. The standard InChI is InChI=1S/C28H46F3NO6Si.C22H35F3O5Si/c1-21(38-39(8,9)26(5,6)7)15-17-35-18-16-27(28(29,30)31,36-20-22-13-11-10-12-14-22)24(34)32-19-23(33)37-25(2,3)4;1-17(30-31(5,6)20(2,3)4)12-14-28-15-13-21(19(26)27,22(23,24)25)29-16-18-10-8-7-9-11-18/h10-14,21H,15-20H2,1-9H3,(H,32,34);7-11,17H,12-16H2,1-6H3,(H,26,27)/t21-,27?;17-,21?/m00/s1. The third kappa shape index (κ3) is 21.4. The van der Waals surface area contributed by atoms with Crippen molar-refractivity contribution in [2.45, 2.75) is 193 Å². The van der Waals surface area contributed by atoms with Gasteiger partial charge in [-0.3, -0.25) is 9.59 Å². The first kappa shape index (κ1) is 64.6. The van der Waals surface area contributed by atoms with E-state index in [1.165, 1.54) is 0 Å². The van der Waals surface area contributed by atoms with Crippen molar-refractivity contribution in [1.29, 1.82) is 0 Å². The molecule has 0 aliphatic rings. The second-order valence-corrected chi connectivity index (χ2v) is 31.0. The molecular weight excluding hydrogens is 961 g/mol. The smallest absolute Gasteiger partial charge is 0.428 e. The predicted octanol–water partition coefficient (Wildman–Crippen LogP) is 12.0. The molecule has 0 aliphatic carbocycles. The van der Waals surface area contributed by atoms with Gasteiger partial charge in [-0.2, -0.15) is 26.3 Å². The number of carboxylic acid groups (broad SMARTS) is 1. The summed E-state index contributed by atoms with van der Waals surface area (Å²) in [6, 6.07) is 16.4. The molecule has 4 atom stereocenters. The van der Waals surface area contributed by atoms with E-state index in [-0.39, 0.29) is 42.1 Å². The molecule has 0 aromatic heterocycles. The number of rotatable bonds is 26. The van der Waals surface area contributed by atoms with Crippen molar-refractivity contribution in [3.8, 4) is 0 Å². The van der Waals surface area contributed by atoms with Crippen molar-refractivity contribution in [2.75, 3.05) is 33.0 Å². The summed E-state index contributed by atoms with van der Waals surface area (Å²) in [5.41, 5.74) is -6.50. The third-order valence-corrected chi connectivity index (χ3v) is 21.4. The van der Waals surface area contributed by atoms with Gasteiger partial charge in [0.05, 0.1) is 26.4 Å². The van der Waals surface area contributed by atoms with Crippen LogP contribution in [-0.2, 0) is 60.1 Å². The summed E-state index contributed by atoms with van der Waals surface area (Å²) in [4.78, 5) is 36.6. The number of benzene rings is 2. The Labute approximate surface area is 414 Å². The number of esters is 1. The van der Waals surface area contributed by atoms with E-state index in [1.54, 1.807) is 81.4 Å². The van der Waals surface area contributed by atoms with E-state index in [2.05, 4.69) is 73.0 Å². The molecule has 0 spiro atoms. The molecule has 70 heavy (non-hydrogen) atoms. The lowest BCUT2D eigenvalue weighted by molar-refractivity contribution is -0.283. The molecule has 0 saturated heterocycles. The number of carboxylic acids is 1. The van der Waals surface area contributed by atoms with Crippen LogP contribution in [0.1, 0.15) is 113 Å². The molecule has 2 aromatic rings. The van der Waals surface area contributed by atoms with Crippen molar-refractivity contribution in [3.63, 3.8) is 0 Å². The van der Waals surface area contributed by atoms with Crippen molar-refractivity contribution < 1.29 is 78.4 Å². The number of hydrogen-bond donors (Lipinski definition) is 2. The predicted molar refractivity (Wildman–Crippen MR) is 262 cm³/mol. The second-order valence-electron chi connectivity index (χ2n) is 21.5. The van der Waals surface area contributed by atoms with Gasteiger partial charge in [0.1, 0.15) is 12.1 Å². The number of carbonyl (C=O) groups is 3. The Hall–Kier alpha value is -3.38. The maximum Gasteiger partial charge on any atom is 0.428 e. The molecule has 402 valence electrons. The Balaban J connectivity index is 0.000000719. The van der Waals surface area contributed by atoms with Crippen molar-refractivity contribution in [3.05, 3.63) is 71.8 Å². The summed E-state index contributed by atoms with van der Waals surface area (Å²) >= 11 is 0. The Morgan fingerprint density at radius 1 is 0.586 bits per heavy atom. The minimum absolute atomic E-state index is 0.0250. The number of hydrogen-bond acceptors (Lipinski definition) is 10. The van der Waals surface area contributed by atoms with E-state index in [0.717, 1.165) is 0 Å². The summed E-state index contributed by atoms with van der Waals surface area (Å²) in [7, 11) is -3.95. The largest absolute Gasteiger partial charge is 0.479 e. The van der Waals surface area contributed by atoms with E-state index >= 15 is 0 Å². The molecule has 2 N–H and O–H groups in total. The molecule has 2 rings (SSSR count). The van der Waals surface area contributed by atoms with E-state index in [1.807, 2.05) is 13.8 Å². The lowest BCUT2D eigenvalue weighted by Gasteiger charge is -2.38. The van der Waals surface area contributed by atoms with Gasteiger partial charge < -0.3 is 43.0 Å². The van der Waals surface area contributed by atoms with Gasteiger partial charge in [0.15, 0.2) is 16.6 Å². The van der Waals surface area contributed by atoms with Gasteiger partial charge in [0.25, 0.3) is 11.5 Å². The summed E-state index contributed by atoms with van der Waals surface area (Å²) in [6.45, 7) is 27.8. The van der Waals surface area contributed by atoms with Crippen LogP contribution in [0.2, 0.25) is 36.3 Å². The van der Waals surface area contributed by atoms with Crippen LogP contribution in [0.3, 0.4) is 0 Å². The highest BCUT2D eigenvalue weighted by Crippen LogP contribution is 2.41. The van der Waals surface area contributed by atoms with Gasteiger partial charge in [-0.1, -0.05) is 102 Å². The van der Waals surface area contributed by atoms with Gasteiger partial charge in [-0.05, 0) is 94.9 Å². The van der Waals surface area contributed by atoms with Crippen LogP contribution in [0.4, 0.5) is 26.3 Å². The van der Waals surface area contributed by atoms with Gasteiger partial charge in [0.2, 0.25) is 5.60 Å². The zero-order chi connectivity index (χ0) is 54.0. The van der Waals surface area contributed by atoms with Crippen LogP contribution in [0.15, 0.2) is 60.7 Å². The second kappa shape index (κ2) is 27.1. The zero-order valence-electron chi connectivity index (χ0n) is 44.0. The highest BCUT2D eigenvalue weighted by Gasteiger charge is 2.63. The molecule has 2 unspecified atom stereocenters. The molecular formula is C50H81F6NO11Si2. The quantitative estimate of drug-likeness (QED) is 0.0401. The maximum absolute atomic E-state index is 14.5. The van der Waals surface area contributed by atoms with Crippen LogP contribution in [-0.4, -0.2) is 114 Å². The van der Waals surface area contributed by atoms with Crippen molar-refractivity contribution >= 4 is 34.5 Å². The third-order valence-electron chi connectivity index (χ3n) is 12.2. The van der Waals surface area contributed by atoms with Crippen molar-refractivity contribution in [1.82, 2.24) is 5.32 Å². The lowest BCUT2D eigenvalue weighted by atomic mass is 9.97. The van der Waals surface area contributed by atoms with Crippen LogP contribution in [0.25, 0.3) is 0 Å². The number of halogens is 6. The molecule has 0 radical (unpaired) electrons. The minimum atomic E-state index is -5.09. The fraction of sp³-hybridized carbons (Fsp3) is 0.700. The Kier molecular flexibility index (Phi) is 25.0. The first-order chi connectivity index (χ1) is 31.8. The minimum Gasteiger partial charge on any atom is -0.479 e. The molecule has 1 amide bonds. The Bertz CT molecular complexity index is 1870. The fourth-order valence-electron chi connectivity index (χ4n) is 6.04. The zero-order valence-corrected chi connectivity index (χ0v) is 46.0. The summed E-state index contributed by atoms with van der Waals surface area (Å²) in [5.74, 6) is -4.41. The lowest BCUT2D eigenvalue weighted by Crippen LogP contribution is -2.60. The Morgan fingerprint density at radius 2 is 0.943 bits per heavy atom. The van der Waals surface area contributed by atoms with E-state index in [9.17, 15) is 45.8 Å². The van der Waals surface area contributed by atoms with Gasteiger partial charge in [0, 0.05) is 38.3 Å². The number of carbonyl (C=O) groups excluding carboxylic acids is 2. The number of nitrogens with one attached hydrogen (secondary N) is 1. The first-order valence-corrected chi connectivity index (χ1v) is 29.4. The van der Waals surface area contributed by atoms with Crippen LogP contribution < -0.4 is 5.32 Å². The average molecular weight is 1040 g/mol. The highest BCUT2D eigenvalue weighted by molar-refractivity contribution is 6.74. The van der Waals surface area contributed by atoms with Crippen LogP contribution in [0.5, 0.6) is 0 Å². The number of ether oxygens (including phenoxy) is 5. The van der Waals surface area contributed by atoms with E-state index in [4.69, 9.17) is 32.5 Å². The fourth-order valence-corrected chi connectivity index (χ4v) is 8.99. The number of aliphatic carboxylic acids is 1. The first-order valence-electron chi connectivity index (χ1n) is 23.6. The van der Waals surface area contributed by atoms with Gasteiger partial charge in [-0.25, -0.2) is 4.79 Å². The molecule has 0 fully saturated rings. The van der Waals surface area contributed by atoms with E-state index < -0.39 is 103 Å². The normalized spacial score (nSPS) is 15.7. The van der Waals surface area contributed by atoms with Gasteiger partial charge >= 0.3 is 24.3 Å². The van der Waals surface area contributed by atoms with Crippen LogP contribution >= 0.6 is 0 Å². The van der Waals surface area contributed by atoms with E-state index in [0.29, 0.717) is 24.0 Å². The Morgan fingerprint density at radius 3 is 1.27 bits per heavy atom. The molecule has 0 heterocycles. The molecule has 20 heteroatoms. The highest BCUT2D eigenvalue weighted by atomic mass is 28.4. The summed E-state index contributed by atoms with van der Waals surface area (Å²) < 4.78 is 123. The maximum atomic E-state index is 14.5. The SMILES string of the molecule is C[C@@H](CCOCCC(OCc1ccccc1)(C(=O)NCC(=O)OC(C)(C)C)C(F)(F)F)O[Si](C)(C)C(C)(C)C.C[C@@H](CCOCCC(OCc1ccccc1)(C(=O)O)C(F)(F)F)O[Si](C)(C)C(C)(C)C. The molecule has 0 bridgehead atoms.